The highest BCUT2D eigenvalue weighted by Gasteiger charge is 2.07. The van der Waals surface area contributed by atoms with Crippen LogP contribution in [0.25, 0.3) is 10.8 Å². The van der Waals surface area contributed by atoms with E-state index < -0.39 is 0 Å². The van der Waals surface area contributed by atoms with Gasteiger partial charge < -0.3 is 15.1 Å². The maximum atomic E-state index is 5.47. The lowest BCUT2D eigenvalue weighted by Crippen LogP contribution is -2.41. The fourth-order valence-corrected chi connectivity index (χ4v) is 2.30. The van der Waals surface area contributed by atoms with Crippen LogP contribution >= 0.6 is 35.3 Å². The molecule has 0 atom stereocenters. The van der Waals surface area contributed by atoms with Gasteiger partial charge in [0.1, 0.15) is 12.0 Å². The minimum atomic E-state index is 0. The lowest BCUT2D eigenvalue weighted by Gasteiger charge is -2.13. The van der Waals surface area contributed by atoms with Crippen LogP contribution in [0.2, 0.25) is 0 Å². The van der Waals surface area contributed by atoms with Gasteiger partial charge in [0.05, 0.1) is 11.4 Å². The molecule has 2 rings (SSSR count). The molecule has 0 aromatic carbocycles. The normalized spacial score (nSPS) is 11.3. The molecule has 0 amide bonds. The van der Waals surface area contributed by atoms with Gasteiger partial charge in [-0.2, -0.15) is 0 Å². The van der Waals surface area contributed by atoms with Gasteiger partial charge in [-0.25, -0.2) is 9.98 Å². The molecule has 0 spiro atoms. The number of nitrogens with one attached hydrogen (secondary N) is 2. The Balaban J connectivity index is 0.00000220. The highest BCUT2D eigenvalue weighted by Crippen LogP contribution is 2.23. The molecule has 0 fully saturated rings. The Hall–Kier alpha value is -1.09. The van der Waals surface area contributed by atoms with Gasteiger partial charge >= 0.3 is 0 Å². The van der Waals surface area contributed by atoms with Gasteiger partial charge in [-0.3, -0.25) is 0 Å². The second-order valence-corrected chi connectivity index (χ2v) is 5.56. The van der Waals surface area contributed by atoms with Crippen molar-refractivity contribution in [1.29, 1.82) is 0 Å². The first-order chi connectivity index (χ1) is 9.69. The van der Waals surface area contributed by atoms with Gasteiger partial charge in [0.15, 0.2) is 5.96 Å². The Labute approximate surface area is 146 Å². The number of nitrogens with zero attached hydrogens (tertiary/aromatic N) is 2. The van der Waals surface area contributed by atoms with Gasteiger partial charge in [0, 0.05) is 12.6 Å². The van der Waals surface area contributed by atoms with E-state index in [0.717, 1.165) is 23.1 Å². The number of thiophene rings is 1. The SMILES string of the molecule is CCNC(=NCc1coc(-c2cccs2)n1)NC(C)C.I. The Bertz CT molecular complexity index is 551. The summed E-state index contributed by atoms with van der Waals surface area (Å²) in [7, 11) is 0. The van der Waals surface area contributed by atoms with Crippen LogP contribution in [-0.4, -0.2) is 23.5 Å². The van der Waals surface area contributed by atoms with E-state index in [9.17, 15) is 0 Å². The Kier molecular flexibility index (Phi) is 7.73. The summed E-state index contributed by atoms with van der Waals surface area (Å²) in [6.45, 7) is 7.53. The first kappa shape index (κ1) is 18.0. The third-order valence-electron chi connectivity index (χ3n) is 2.45. The van der Waals surface area contributed by atoms with Crippen molar-refractivity contribution in [2.24, 2.45) is 4.99 Å². The fraction of sp³-hybridized carbons (Fsp3) is 0.429. The zero-order valence-corrected chi connectivity index (χ0v) is 15.6. The maximum absolute atomic E-state index is 5.47. The molecular weight excluding hydrogens is 399 g/mol. The summed E-state index contributed by atoms with van der Waals surface area (Å²) in [6.07, 6.45) is 1.66. The van der Waals surface area contributed by atoms with Crippen molar-refractivity contribution < 1.29 is 4.42 Å². The Morgan fingerprint density at radius 1 is 1.48 bits per heavy atom. The van der Waals surface area contributed by atoms with E-state index in [1.165, 1.54) is 0 Å². The molecule has 0 bridgehead atoms. The Morgan fingerprint density at radius 3 is 2.90 bits per heavy atom. The van der Waals surface area contributed by atoms with Crippen LogP contribution < -0.4 is 10.6 Å². The monoisotopic (exact) mass is 420 g/mol. The summed E-state index contributed by atoms with van der Waals surface area (Å²) in [5, 5.41) is 8.48. The summed E-state index contributed by atoms with van der Waals surface area (Å²) >= 11 is 1.61. The minimum absolute atomic E-state index is 0. The molecule has 21 heavy (non-hydrogen) atoms. The van der Waals surface area contributed by atoms with Gasteiger partial charge in [-0.1, -0.05) is 6.07 Å². The molecule has 5 nitrogen and oxygen atoms in total. The molecule has 0 aliphatic carbocycles. The highest BCUT2D eigenvalue weighted by molar-refractivity contribution is 14.0. The summed E-state index contributed by atoms with van der Waals surface area (Å²) in [5.41, 5.74) is 0.828. The van der Waals surface area contributed by atoms with Crippen LogP contribution in [0.1, 0.15) is 26.5 Å². The third kappa shape index (κ3) is 5.66. The molecule has 7 heteroatoms. The first-order valence-electron chi connectivity index (χ1n) is 6.72. The van der Waals surface area contributed by atoms with E-state index in [0.29, 0.717) is 18.5 Å². The van der Waals surface area contributed by atoms with Crippen molar-refractivity contribution in [2.75, 3.05) is 6.54 Å². The minimum Gasteiger partial charge on any atom is -0.443 e. The number of hydrogen-bond donors (Lipinski definition) is 2. The average molecular weight is 420 g/mol. The molecule has 2 N–H and O–H groups in total. The van der Waals surface area contributed by atoms with Crippen LogP contribution in [0, 0.1) is 0 Å². The predicted octanol–water partition coefficient (Wildman–Crippen LogP) is 3.48. The standard InChI is InChI=1S/C14H20N4OS.HI/c1-4-15-14(17-10(2)3)16-8-11-9-19-13(18-11)12-6-5-7-20-12;/h5-7,9-10H,4,8H2,1-3H3,(H2,15,16,17);1H. The van der Waals surface area contributed by atoms with Crippen LogP contribution in [0.3, 0.4) is 0 Å². The average Bonchev–Trinajstić information content (AvgIpc) is 3.06. The summed E-state index contributed by atoms with van der Waals surface area (Å²) in [6, 6.07) is 4.32. The zero-order valence-electron chi connectivity index (χ0n) is 12.4. The number of aromatic nitrogens is 1. The smallest absolute Gasteiger partial charge is 0.236 e. The van der Waals surface area contributed by atoms with Crippen molar-refractivity contribution in [1.82, 2.24) is 15.6 Å². The van der Waals surface area contributed by atoms with Crippen molar-refractivity contribution in [3.05, 3.63) is 29.5 Å². The molecule has 2 heterocycles. The number of hydrogen-bond acceptors (Lipinski definition) is 4. The lowest BCUT2D eigenvalue weighted by molar-refractivity contribution is 0.574. The van der Waals surface area contributed by atoms with E-state index in [2.05, 4.69) is 34.5 Å². The molecular formula is C14H21IN4OS. The van der Waals surface area contributed by atoms with Crippen LogP contribution in [0.4, 0.5) is 0 Å². The summed E-state index contributed by atoms with van der Waals surface area (Å²) in [4.78, 5) is 9.97. The van der Waals surface area contributed by atoms with Crippen LogP contribution in [-0.2, 0) is 6.54 Å². The predicted molar refractivity (Wildman–Crippen MR) is 98.3 cm³/mol. The van der Waals surface area contributed by atoms with Gasteiger partial charge in [-0.15, -0.1) is 35.3 Å². The fourth-order valence-electron chi connectivity index (χ4n) is 1.65. The molecule has 0 aliphatic heterocycles. The second kappa shape index (κ2) is 9.04. The van der Waals surface area contributed by atoms with E-state index in [-0.39, 0.29) is 24.0 Å². The molecule has 0 saturated carbocycles. The van der Waals surface area contributed by atoms with E-state index in [4.69, 9.17) is 4.42 Å². The maximum Gasteiger partial charge on any atom is 0.236 e. The number of oxazole rings is 1. The van der Waals surface area contributed by atoms with Crippen molar-refractivity contribution in [2.45, 2.75) is 33.4 Å². The van der Waals surface area contributed by atoms with E-state index in [1.807, 2.05) is 24.4 Å². The molecule has 0 radical (unpaired) electrons. The number of halogens is 1. The summed E-state index contributed by atoms with van der Waals surface area (Å²) < 4.78 is 5.47. The quantitative estimate of drug-likeness (QED) is 0.442. The van der Waals surface area contributed by atoms with Gasteiger partial charge in [0.25, 0.3) is 0 Å². The zero-order chi connectivity index (χ0) is 14.4. The number of rotatable bonds is 5. The first-order valence-corrected chi connectivity index (χ1v) is 7.60. The van der Waals surface area contributed by atoms with Crippen molar-refractivity contribution >= 4 is 41.3 Å². The van der Waals surface area contributed by atoms with Crippen LogP contribution in [0.5, 0.6) is 0 Å². The topological polar surface area (TPSA) is 62.5 Å². The molecule has 0 unspecified atom stereocenters. The van der Waals surface area contributed by atoms with E-state index in [1.54, 1.807) is 17.6 Å². The van der Waals surface area contributed by atoms with Gasteiger partial charge in [-0.05, 0) is 32.2 Å². The second-order valence-electron chi connectivity index (χ2n) is 4.62. The molecule has 2 aromatic heterocycles. The largest absolute Gasteiger partial charge is 0.443 e. The number of guanidine groups is 1. The lowest BCUT2D eigenvalue weighted by atomic mass is 10.4. The van der Waals surface area contributed by atoms with E-state index >= 15 is 0 Å². The molecule has 2 aromatic rings. The van der Waals surface area contributed by atoms with Crippen molar-refractivity contribution in [3.8, 4) is 10.8 Å². The highest BCUT2D eigenvalue weighted by atomic mass is 127. The Morgan fingerprint density at radius 2 is 2.29 bits per heavy atom. The molecule has 0 saturated heterocycles. The van der Waals surface area contributed by atoms with Crippen molar-refractivity contribution in [3.63, 3.8) is 0 Å². The molecule has 0 aliphatic rings. The van der Waals surface area contributed by atoms with Gasteiger partial charge in [0.2, 0.25) is 5.89 Å². The molecule has 116 valence electrons. The third-order valence-corrected chi connectivity index (χ3v) is 3.31. The van der Waals surface area contributed by atoms with Crippen LogP contribution in [0.15, 0.2) is 33.2 Å². The number of aliphatic imine (C=N–C) groups is 1. The summed E-state index contributed by atoms with van der Waals surface area (Å²) in [5.74, 6) is 1.45.